The molecule has 0 aliphatic carbocycles. The molecular weight excluding hydrogens is 370 g/mol. The monoisotopic (exact) mass is 395 g/mol. The molecule has 3 nitrogen and oxygen atoms in total. The van der Waals surface area contributed by atoms with Crippen LogP contribution in [0.4, 0.5) is 5.69 Å². The summed E-state index contributed by atoms with van der Waals surface area (Å²) in [6.45, 7) is 10.5. The normalized spacial score (nSPS) is 19.8. The largest absolute Gasteiger partial charge is 0.496 e. The van der Waals surface area contributed by atoms with Crippen LogP contribution in [0.2, 0.25) is 0 Å². The molecule has 0 saturated heterocycles. The van der Waals surface area contributed by atoms with Gasteiger partial charge in [-0.15, -0.1) is 18.2 Å². The maximum atomic E-state index is 6.52. The Balaban J connectivity index is 2.04. The molecule has 0 bridgehead atoms. The Labute approximate surface area is 172 Å². The van der Waals surface area contributed by atoms with Crippen LogP contribution in [0.1, 0.15) is 38.0 Å². The molecular formula is C24H26ClNO2. The quantitative estimate of drug-likeness (QED) is 0.477. The highest BCUT2D eigenvalue weighted by Gasteiger charge is 2.37. The molecule has 0 fully saturated rings. The molecule has 2 aliphatic heterocycles. The molecule has 0 amide bonds. The Hall–Kier alpha value is -2.39. The first-order valence-electron chi connectivity index (χ1n) is 9.57. The van der Waals surface area contributed by atoms with Crippen molar-refractivity contribution in [2.24, 2.45) is 5.92 Å². The summed E-state index contributed by atoms with van der Waals surface area (Å²) >= 11 is 6.31. The number of allylic oxidation sites excluding steroid dienone is 1. The predicted molar refractivity (Wildman–Crippen MR) is 118 cm³/mol. The van der Waals surface area contributed by atoms with Gasteiger partial charge in [0, 0.05) is 28.6 Å². The van der Waals surface area contributed by atoms with Crippen molar-refractivity contribution in [3.8, 4) is 22.6 Å². The lowest BCUT2D eigenvalue weighted by atomic mass is 9.79. The lowest BCUT2D eigenvalue weighted by molar-refractivity contribution is 0.164. The minimum Gasteiger partial charge on any atom is -0.496 e. The van der Waals surface area contributed by atoms with Gasteiger partial charge in [-0.25, -0.2) is 0 Å². The number of ether oxygens (including phenoxy) is 2. The van der Waals surface area contributed by atoms with Gasteiger partial charge in [0.15, 0.2) is 0 Å². The zero-order valence-electron chi connectivity index (χ0n) is 16.8. The second kappa shape index (κ2) is 6.89. The summed E-state index contributed by atoms with van der Waals surface area (Å²) in [6, 6.07) is 10.3. The van der Waals surface area contributed by atoms with Crippen LogP contribution in [0, 0.1) is 5.92 Å². The van der Waals surface area contributed by atoms with Gasteiger partial charge in [-0.3, -0.25) is 0 Å². The summed E-state index contributed by atoms with van der Waals surface area (Å²) in [7, 11) is 1.69. The van der Waals surface area contributed by atoms with Crippen LogP contribution >= 0.6 is 11.6 Å². The van der Waals surface area contributed by atoms with Crippen LogP contribution in [-0.2, 0) is 0 Å². The van der Waals surface area contributed by atoms with Gasteiger partial charge in [0.05, 0.1) is 18.2 Å². The standard InChI is InChI=1S/C24H26ClNO2/c1-6-15(13-25)23-22-16(21-18(27-5)8-7-9-19(21)28-23)10-11-17-20(22)14(2)12-24(3,4)26-17/h6-12,15,23,26H,1,13H2,2-5H3. The van der Waals surface area contributed by atoms with Crippen molar-refractivity contribution in [3.05, 3.63) is 60.2 Å². The summed E-state index contributed by atoms with van der Waals surface area (Å²) < 4.78 is 12.2. The molecule has 4 heteroatoms. The highest BCUT2D eigenvalue weighted by atomic mass is 35.5. The summed E-state index contributed by atoms with van der Waals surface area (Å²) in [5.41, 5.74) is 6.72. The topological polar surface area (TPSA) is 30.5 Å². The third-order valence-corrected chi connectivity index (χ3v) is 5.92. The predicted octanol–water partition coefficient (Wildman–Crippen LogP) is 6.44. The van der Waals surface area contributed by atoms with Gasteiger partial charge >= 0.3 is 0 Å². The molecule has 2 heterocycles. The Bertz CT molecular complexity index is 977. The summed E-state index contributed by atoms with van der Waals surface area (Å²) in [5.74, 6) is 2.07. The lowest BCUT2D eigenvalue weighted by Crippen LogP contribution is -2.33. The highest BCUT2D eigenvalue weighted by Crippen LogP contribution is 2.53. The van der Waals surface area contributed by atoms with E-state index in [1.165, 1.54) is 11.1 Å². The molecule has 2 aromatic carbocycles. The van der Waals surface area contributed by atoms with Gasteiger partial charge in [0.1, 0.15) is 17.6 Å². The smallest absolute Gasteiger partial charge is 0.132 e. The Morgan fingerprint density at radius 3 is 2.75 bits per heavy atom. The molecule has 146 valence electrons. The van der Waals surface area contributed by atoms with Crippen molar-refractivity contribution in [1.29, 1.82) is 0 Å². The van der Waals surface area contributed by atoms with E-state index >= 15 is 0 Å². The highest BCUT2D eigenvalue weighted by molar-refractivity contribution is 6.18. The van der Waals surface area contributed by atoms with Gasteiger partial charge in [0.2, 0.25) is 0 Å². The van der Waals surface area contributed by atoms with Gasteiger partial charge in [-0.05, 0) is 50.1 Å². The number of methoxy groups -OCH3 is 1. The average molecular weight is 396 g/mol. The van der Waals surface area contributed by atoms with E-state index in [0.717, 1.165) is 33.9 Å². The fourth-order valence-corrected chi connectivity index (χ4v) is 4.76. The lowest BCUT2D eigenvalue weighted by Gasteiger charge is -2.38. The van der Waals surface area contributed by atoms with Gasteiger partial charge in [-0.1, -0.05) is 24.3 Å². The van der Waals surface area contributed by atoms with E-state index in [4.69, 9.17) is 21.1 Å². The number of anilines is 1. The number of rotatable bonds is 4. The third kappa shape index (κ3) is 2.89. The molecule has 1 N–H and O–H groups in total. The average Bonchev–Trinajstić information content (AvgIpc) is 2.66. The van der Waals surface area contributed by atoms with E-state index in [9.17, 15) is 0 Å². The summed E-state index contributed by atoms with van der Waals surface area (Å²) in [4.78, 5) is 0. The number of hydrogen-bond donors (Lipinski definition) is 1. The van der Waals surface area contributed by atoms with Crippen LogP contribution in [0.3, 0.4) is 0 Å². The van der Waals surface area contributed by atoms with E-state index in [1.54, 1.807) is 7.11 Å². The summed E-state index contributed by atoms with van der Waals surface area (Å²) in [6.07, 6.45) is 3.96. The van der Waals surface area contributed by atoms with Crippen molar-refractivity contribution in [2.45, 2.75) is 32.4 Å². The zero-order valence-corrected chi connectivity index (χ0v) is 17.6. The maximum Gasteiger partial charge on any atom is 0.132 e. The number of alkyl halides is 1. The Kier molecular flexibility index (Phi) is 4.67. The third-order valence-electron chi connectivity index (χ3n) is 5.56. The first-order valence-corrected chi connectivity index (χ1v) is 10.1. The fraction of sp³-hybridized carbons (Fsp3) is 0.333. The molecule has 0 spiro atoms. The molecule has 28 heavy (non-hydrogen) atoms. The van der Waals surface area contributed by atoms with Crippen LogP contribution < -0.4 is 14.8 Å². The van der Waals surface area contributed by atoms with E-state index in [0.29, 0.717) is 5.88 Å². The second-order valence-electron chi connectivity index (χ2n) is 8.05. The molecule has 0 aromatic heterocycles. The van der Waals surface area contributed by atoms with Crippen molar-refractivity contribution in [2.75, 3.05) is 18.3 Å². The van der Waals surface area contributed by atoms with Crippen LogP contribution in [0.15, 0.2) is 49.1 Å². The Morgan fingerprint density at radius 1 is 1.29 bits per heavy atom. The van der Waals surface area contributed by atoms with Crippen molar-refractivity contribution >= 4 is 22.9 Å². The number of halogens is 1. The Morgan fingerprint density at radius 2 is 2.07 bits per heavy atom. The van der Waals surface area contributed by atoms with E-state index in [1.807, 2.05) is 24.3 Å². The fourth-order valence-electron chi connectivity index (χ4n) is 4.47. The zero-order chi connectivity index (χ0) is 20.1. The number of hydrogen-bond acceptors (Lipinski definition) is 3. The van der Waals surface area contributed by atoms with E-state index < -0.39 is 0 Å². The second-order valence-corrected chi connectivity index (χ2v) is 8.36. The SMILES string of the molecule is C=CC(CCl)C1Oc2cccc(OC)c2-c2ccc3c(c21)C(C)=CC(C)(C)N3. The molecule has 4 rings (SSSR count). The van der Waals surface area contributed by atoms with Crippen molar-refractivity contribution in [3.63, 3.8) is 0 Å². The first-order chi connectivity index (χ1) is 13.4. The molecule has 0 radical (unpaired) electrons. The molecule has 0 saturated carbocycles. The van der Waals surface area contributed by atoms with Crippen LogP contribution in [-0.4, -0.2) is 18.5 Å². The maximum absolute atomic E-state index is 6.52. The van der Waals surface area contributed by atoms with Crippen LogP contribution in [0.25, 0.3) is 16.7 Å². The summed E-state index contributed by atoms with van der Waals surface area (Å²) in [5, 5.41) is 3.64. The molecule has 2 aliphatic rings. The first kappa shape index (κ1) is 18.9. The van der Waals surface area contributed by atoms with E-state index in [-0.39, 0.29) is 17.6 Å². The molecule has 2 atom stereocenters. The van der Waals surface area contributed by atoms with Gasteiger partial charge in [-0.2, -0.15) is 0 Å². The van der Waals surface area contributed by atoms with Crippen molar-refractivity contribution < 1.29 is 9.47 Å². The number of nitrogens with one attached hydrogen (secondary N) is 1. The minimum atomic E-state index is -0.203. The van der Waals surface area contributed by atoms with Crippen molar-refractivity contribution in [1.82, 2.24) is 0 Å². The number of fused-ring (bicyclic) bond motifs is 5. The molecule has 2 unspecified atom stereocenters. The number of benzene rings is 2. The van der Waals surface area contributed by atoms with Gasteiger partial charge in [0.25, 0.3) is 0 Å². The molecule has 2 aromatic rings. The van der Waals surface area contributed by atoms with Crippen LogP contribution in [0.5, 0.6) is 11.5 Å². The minimum absolute atomic E-state index is 0.00555. The van der Waals surface area contributed by atoms with E-state index in [2.05, 4.69) is 50.9 Å². The van der Waals surface area contributed by atoms with Gasteiger partial charge < -0.3 is 14.8 Å².